The van der Waals surface area contributed by atoms with E-state index in [0.29, 0.717) is 30.4 Å². The van der Waals surface area contributed by atoms with Crippen LogP contribution in [0.15, 0.2) is 35.7 Å². The summed E-state index contributed by atoms with van der Waals surface area (Å²) in [5.74, 6) is -0.607. The standard InChI is InChI=1S/C29H36FN3O3/c1-5-33-17-21(19(2)32-33)15-23-26(34)16-29(36-27(23)35,22-8-6-7-9-22)13-12-20-10-11-24(25(30)14-20)28(3,4)18-31/h10-11,14,17,22,34H,5-9,12-13,15-16H2,1-4H3. The van der Waals surface area contributed by atoms with Crippen molar-refractivity contribution in [2.24, 2.45) is 5.92 Å². The van der Waals surface area contributed by atoms with E-state index < -0.39 is 22.8 Å². The number of nitrogens with zero attached hydrogens (tertiary/aromatic N) is 3. The van der Waals surface area contributed by atoms with Crippen LogP contribution in [0.25, 0.3) is 0 Å². The lowest BCUT2D eigenvalue weighted by molar-refractivity contribution is -0.167. The molecule has 2 aliphatic rings. The molecule has 1 fully saturated rings. The Labute approximate surface area is 212 Å². The largest absolute Gasteiger partial charge is 0.512 e. The number of aliphatic hydroxyl groups excluding tert-OH is 1. The van der Waals surface area contributed by atoms with Crippen LogP contribution < -0.4 is 0 Å². The molecule has 0 spiro atoms. The van der Waals surface area contributed by atoms with Crippen LogP contribution in [0.1, 0.15) is 81.7 Å². The zero-order chi connectivity index (χ0) is 26.1. The third-order valence-electron chi connectivity index (χ3n) is 8.02. The molecule has 1 unspecified atom stereocenters. The van der Waals surface area contributed by atoms with Crippen LogP contribution in [0.3, 0.4) is 0 Å². The van der Waals surface area contributed by atoms with Crippen LogP contribution in [0, 0.1) is 30.0 Å². The molecule has 6 nitrogen and oxygen atoms in total. The van der Waals surface area contributed by atoms with Crippen LogP contribution >= 0.6 is 0 Å². The maximum absolute atomic E-state index is 14.8. The normalized spacial score (nSPS) is 21.1. The molecule has 1 aliphatic heterocycles. The lowest BCUT2D eigenvalue weighted by atomic mass is 9.76. The first kappa shape index (κ1) is 25.9. The van der Waals surface area contributed by atoms with E-state index in [-0.39, 0.29) is 18.1 Å². The highest BCUT2D eigenvalue weighted by atomic mass is 19.1. The topological polar surface area (TPSA) is 88.1 Å². The van der Waals surface area contributed by atoms with Gasteiger partial charge in [-0.05, 0) is 76.5 Å². The van der Waals surface area contributed by atoms with Crippen molar-refractivity contribution in [1.82, 2.24) is 9.78 Å². The average Bonchev–Trinajstić information content (AvgIpc) is 3.50. The number of carbonyl (C=O) groups excluding carboxylic acids is 1. The van der Waals surface area contributed by atoms with Crippen LogP contribution in [0.5, 0.6) is 0 Å². The minimum atomic E-state index is -0.911. The Balaban J connectivity index is 1.57. The van der Waals surface area contributed by atoms with E-state index >= 15 is 0 Å². The molecule has 1 aliphatic carbocycles. The van der Waals surface area contributed by atoms with Gasteiger partial charge in [0.25, 0.3) is 0 Å². The maximum atomic E-state index is 14.8. The van der Waals surface area contributed by atoms with Crippen molar-refractivity contribution in [2.75, 3.05) is 0 Å². The van der Waals surface area contributed by atoms with Crippen molar-refractivity contribution in [2.45, 2.75) is 96.6 Å². The molecule has 4 rings (SSSR count). The monoisotopic (exact) mass is 493 g/mol. The Morgan fingerprint density at radius 1 is 1.33 bits per heavy atom. The number of hydrogen-bond acceptors (Lipinski definition) is 5. The van der Waals surface area contributed by atoms with Gasteiger partial charge in [-0.25, -0.2) is 9.18 Å². The predicted molar refractivity (Wildman–Crippen MR) is 135 cm³/mol. The maximum Gasteiger partial charge on any atom is 0.338 e. The lowest BCUT2D eigenvalue weighted by Gasteiger charge is -2.42. The highest BCUT2D eigenvalue weighted by Gasteiger charge is 2.48. The van der Waals surface area contributed by atoms with E-state index in [4.69, 9.17) is 4.74 Å². The molecule has 1 aromatic heterocycles. The second-order valence-corrected chi connectivity index (χ2v) is 10.9. The van der Waals surface area contributed by atoms with Gasteiger partial charge in [0.15, 0.2) is 0 Å². The fourth-order valence-electron chi connectivity index (χ4n) is 5.71. The minimum Gasteiger partial charge on any atom is -0.512 e. The van der Waals surface area contributed by atoms with Gasteiger partial charge in [0.1, 0.15) is 17.2 Å². The molecule has 192 valence electrons. The summed E-state index contributed by atoms with van der Waals surface area (Å²) >= 11 is 0. The van der Waals surface area contributed by atoms with Crippen molar-refractivity contribution >= 4 is 5.97 Å². The number of nitriles is 1. The highest BCUT2D eigenvalue weighted by Crippen LogP contribution is 2.46. The lowest BCUT2D eigenvalue weighted by Crippen LogP contribution is -2.46. The Bertz CT molecular complexity index is 1220. The number of carbonyl (C=O) groups is 1. The van der Waals surface area contributed by atoms with Gasteiger partial charge in [-0.1, -0.05) is 25.0 Å². The molecule has 1 aromatic carbocycles. The zero-order valence-electron chi connectivity index (χ0n) is 21.7. The van der Waals surface area contributed by atoms with Crippen LogP contribution in [0.4, 0.5) is 4.39 Å². The molecule has 0 amide bonds. The van der Waals surface area contributed by atoms with E-state index in [1.807, 2.05) is 30.8 Å². The number of cyclic esters (lactones) is 1. The van der Waals surface area contributed by atoms with E-state index in [1.54, 1.807) is 19.9 Å². The number of benzene rings is 1. The summed E-state index contributed by atoms with van der Waals surface area (Å²) in [6.45, 7) is 8.03. The van der Waals surface area contributed by atoms with Gasteiger partial charge in [0.2, 0.25) is 0 Å². The van der Waals surface area contributed by atoms with Gasteiger partial charge in [0.05, 0.1) is 22.8 Å². The van der Waals surface area contributed by atoms with Gasteiger partial charge >= 0.3 is 5.97 Å². The molecule has 2 aromatic rings. The quantitative estimate of drug-likeness (QED) is 0.455. The summed E-state index contributed by atoms with van der Waals surface area (Å²) in [6.07, 6.45) is 7.54. The molecule has 7 heteroatoms. The summed E-state index contributed by atoms with van der Waals surface area (Å²) in [6, 6.07) is 7.16. The smallest absolute Gasteiger partial charge is 0.338 e. The SMILES string of the molecule is CCn1cc(CC2=C(O)CC(CCc3ccc(C(C)(C)C#N)c(F)c3)(C3CCCC3)OC2=O)c(C)n1. The number of rotatable bonds is 8. The first-order chi connectivity index (χ1) is 17.1. The zero-order valence-corrected chi connectivity index (χ0v) is 21.7. The van der Waals surface area contributed by atoms with Gasteiger partial charge in [-0.2, -0.15) is 10.4 Å². The summed E-state index contributed by atoms with van der Waals surface area (Å²) in [4.78, 5) is 13.3. The van der Waals surface area contributed by atoms with Crippen molar-refractivity contribution < 1.29 is 19.0 Å². The molecule has 2 heterocycles. The highest BCUT2D eigenvalue weighted by molar-refractivity contribution is 5.90. The number of ether oxygens (including phenoxy) is 1. The average molecular weight is 494 g/mol. The molecule has 0 bridgehead atoms. The van der Waals surface area contributed by atoms with Crippen LogP contribution in [-0.2, 0) is 34.3 Å². The Kier molecular flexibility index (Phi) is 7.26. The summed E-state index contributed by atoms with van der Waals surface area (Å²) in [7, 11) is 0. The number of aryl methyl sites for hydroxylation is 3. The van der Waals surface area contributed by atoms with Crippen molar-refractivity contribution in [3.8, 4) is 6.07 Å². The van der Waals surface area contributed by atoms with E-state index in [1.165, 1.54) is 6.07 Å². The molecule has 1 N–H and O–H groups in total. The fraction of sp³-hybridized carbons (Fsp3) is 0.552. The van der Waals surface area contributed by atoms with Gasteiger partial charge < -0.3 is 9.84 Å². The van der Waals surface area contributed by atoms with Gasteiger partial charge in [-0.3, -0.25) is 4.68 Å². The number of hydrogen-bond donors (Lipinski definition) is 1. The molecule has 0 saturated heterocycles. The summed E-state index contributed by atoms with van der Waals surface area (Å²) in [5.41, 5.74) is 1.49. The fourth-order valence-corrected chi connectivity index (χ4v) is 5.71. The van der Waals surface area contributed by atoms with Gasteiger partial charge in [0, 0.05) is 31.1 Å². The van der Waals surface area contributed by atoms with E-state index in [0.717, 1.165) is 49.0 Å². The predicted octanol–water partition coefficient (Wildman–Crippen LogP) is 6.02. The molecule has 1 atom stereocenters. The third-order valence-corrected chi connectivity index (χ3v) is 8.02. The number of halogens is 1. The molecular formula is C29H36FN3O3. The molecule has 0 radical (unpaired) electrons. The van der Waals surface area contributed by atoms with Gasteiger partial charge in [-0.15, -0.1) is 0 Å². The first-order valence-electron chi connectivity index (χ1n) is 13.0. The molecule has 1 saturated carbocycles. The van der Waals surface area contributed by atoms with Crippen LogP contribution in [-0.4, -0.2) is 26.5 Å². The number of aliphatic hydroxyl groups is 1. The summed E-state index contributed by atoms with van der Waals surface area (Å²) < 4.78 is 22.9. The Hall–Kier alpha value is -3.14. The number of aromatic nitrogens is 2. The Morgan fingerprint density at radius 2 is 2.06 bits per heavy atom. The Morgan fingerprint density at radius 3 is 2.64 bits per heavy atom. The van der Waals surface area contributed by atoms with Crippen molar-refractivity contribution in [1.29, 1.82) is 5.26 Å². The minimum absolute atomic E-state index is 0.0964. The molecular weight excluding hydrogens is 457 g/mol. The number of esters is 1. The second kappa shape index (κ2) is 10.1. The van der Waals surface area contributed by atoms with Crippen molar-refractivity contribution in [3.05, 3.63) is 63.9 Å². The van der Waals surface area contributed by atoms with E-state index in [9.17, 15) is 19.6 Å². The second-order valence-electron chi connectivity index (χ2n) is 10.9. The third kappa shape index (κ3) is 5.04. The van der Waals surface area contributed by atoms with Crippen LogP contribution in [0.2, 0.25) is 0 Å². The molecule has 36 heavy (non-hydrogen) atoms. The first-order valence-corrected chi connectivity index (χ1v) is 13.0. The van der Waals surface area contributed by atoms with E-state index in [2.05, 4.69) is 11.2 Å². The van der Waals surface area contributed by atoms with Crippen molar-refractivity contribution in [3.63, 3.8) is 0 Å². The summed E-state index contributed by atoms with van der Waals surface area (Å²) in [5, 5.41) is 24.9.